The molecule has 2 nitrogen and oxygen atoms in total. The summed E-state index contributed by atoms with van der Waals surface area (Å²) in [5.41, 5.74) is 4.22. The second-order valence-electron chi connectivity index (χ2n) is 10.4. The van der Waals surface area contributed by atoms with Crippen molar-refractivity contribution in [2.24, 2.45) is 5.92 Å². The van der Waals surface area contributed by atoms with Crippen LogP contribution in [0.2, 0.25) is 0 Å². The monoisotopic (exact) mass is 484 g/mol. The molecule has 4 heteroatoms. The third-order valence-corrected chi connectivity index (χ3v) is 8.83. The molecular formula is C31H33FN2S. The molecule has 3 heterocycles. The summed E-state index contributed by atoms with van der Waals surface area (Å²) < 4.78 is 13.3. The van der Waals surface area contributed by atoms with E-state index in [-0.39, 0.29) is 5.82 Å². The van der Waals surface area contributed by atoms with Crippen LogP contribution in [0.4, 0.5) is 4.39 Å². The third kappa shape index (κ3) is 5.20. The topological polar surface area (TPSA) is 6.48 Å². The van der Waals surface area contributed by atoms with E-state index >= 15 is 0 Å². The first-order valence-corrected chi connectivity index (χ1v) is 13.9. The molecule has 0 radical (unpaired) electrons. The van der Waals surface area contributed by atoms with E-state index in [2.05, 4.69) is 69.1 Å². The lowest BCUT2D eigenvalue weighted by Crippen LogP contribution is -2.38. The quantitative estimate of drug-likeness (QED) is 0.287. The zero-order valence-corrected chi connectivity index (χ0v) is 21.0. The van der Waals surface area contributed by atoms with E-state index in [4.69, 9.17) is 0 Å². The molecule has 0 unspecified atom stereocenters. The van der Waals surface area contributed by atoms with E-state index in [1.54, 1.807) is 12.1 Å². The number of hydrogen-bond acceptors (Lipinski definition) is 3. The van der Waals surface area contributed by atoms with Gasteiger partial charge in [0.15, 0.2) is 0 Å². The van der Waals surface area contributed by atoms with Gasteiger partial charge in [0.2, 0.25) is 0 Å². The number of likely N-dealkylation sites (tertiary alicyclic amines) is 2. The van der Waals surface area contributed by atoms with Gasteiger partial charge in [0.05, 0.1) is 0 Å². The average molecular weight is 485 g/mol. The van der Waals surface area contributed by atoms with E-state index < -0.39 is 0 Å². The fraction of sp³-hybridized carbons (Fsp3) is 0.355. The summed E-state index contributed by atoms with van der Waals surface area (Å²) in [5.74, 6) is 1.69. The van der Waals surface area contributed by atoms with Crippen LogP contribution in [0.5, 0.6) is 0 Å². The fourth-order valence-corrected chi connectivity index (χ4v) is 6.97. The third-order valence-electron chi connectivity index (χ3n) is 8.13. The first-order valence-electron chi connectivity index (χ1n) is 12.9. The summed E-state index contributed by atoms with van der Waals surface area (Å²) >= 11 is 1.82. The van der Waals surface area contributed by atoms with E-state index in [1.165, 1.54) is 46.8 Å². The molecular weight excluding hydrogens is 451 g/mol. The molecule has 2 aliphatic rings. The molecule has 2 aliphatic heterocycles. The first-order chi connectivity index (χ1) is 17.2. The van der Waals surface area contributed by atoms with Crippen LogP contribution in [-0.4, -0.2) is 42.5 Å². The minimum absolute atomic E-state index is 0.139. The molecule has 0 saturated carbocycles. The maximum Gasteiger partial charge on any atom is 0.123 e. The Morgan fingerprint density at radius 1 is 0.800 bits per heavy atom. The van der Waals surface area contributed by atoms with Crippen LogP contribution in [0.25, 0.3) is 10.8 Å². The normalized spacial score (nSPS) is 22.2. The van der Waals surface area contributed by atoms with Crippen molar-refractivity contribution in [1.29, 1.82) is 0 Å². The van der Waals surface area contributed by atoms with Crippen LogP contribution in [0, 0.1) is 11.7 Å². The summed E-state index contributed by atoms with van der Waals surface area (Å²) in [5, 5.41) is 7.24. The largest absolute Gasteiger partial charge is 0.303 e. The molecule has 0 bridgehead atoms. The molecule has 180 valence electrons. The summed E-state index contributed by atoms with van der Waals surface area (Å²) in [6.45, 7) is 6.77. The van der Waals surface area contributed by atoms with E-state index in [0.29, 0.717) is 17.8 Å². The van der Waals surface area contributed by atoms with Gasteiger partial charge in [-0.1, -0.05) is 48.5 Å². The van der Waals surface area contributed by atoms with Gasteiger partial charge in [-0.15, -0.1) is 0 Å². The molecule has 4 aromatic rings. The Labute approximate surface area is 212 Å². The summed E-state index contributed by atoms with van der Waals surface area (Å²) in [6, 6.07) is 25.1. The van der Waals surface area contributed by atoms with E-state index in [1.807, 2.05) is 23.5 Å². The number of nitrogens with zero attached hydrogens (tertiary/aromatic N) is 2. The lowest BCUT2D eigenvalue weighted by molar-refractivity contribution is 0.177. The minimum Gasteiger partial charge on any atom is -0.303 e. The molecule has 35 heavy (non-hydrogen) atoms. The first kappa shape index (κ1) is 22.9. The zero-order valence-electron chi connectivity index (χ0n) is 20.2. The highest BCUT2D eigenvalue weighted by Gasteiger charge is 2.35. The van der Waals surface area contributed by atoms with Crippen LogP contribution in [0.1, 0.15) is 41.4 Å². The second kappa shape index (κ2) is 10.2. The molecule has 2 fully saturated rings. The smallest absolute Gasteiger partial charge is 0.123 e. The number of halogens is 1. The minimum atomic E-state index is -0.139. The summed E-state index contributed by atoms with van der Waals surface area (Å²) in [7, 11) is 0. The second-order valence-corrected chi connectivity index (χ2v) is 11.2. The molecule has 2 saturated heterocycles. The molecule has 1 aromatic heterocycles. The highest BCUT2D eigenvalue weighted by Crippen LogP contribution is 2.37. The zero-order chi connectivity index (χ0) is 23.6. The predicted molar refractivity (Wildman–Crippen MR) is 145 cm³/mol. The Morgan fingerprint density at radius 3 is 2.37 bits per heavy atom. The van der Waals surface area contributed by atoms with Crippen molar-refractivity contribution in [2.45, 2.75) is 31.2 Å². The van der Waals surface area contributed by atoms with Crippen LogP contribution in [0.15, 0.2) is 83.6 Å². The van der Waals surface area contributed by atoms with Crippen molar-refractivity contribution >= 4 is 22.1 Å². The van der Waals surface area contributed by atoms with Crippen LogP contribution >= 0.6 is 11.3 Å². The van der Waals surface area contributed by atoms with Gasteiger partial charge in [0, 0.05) is 32.1 Å². The summed E-state index contributed by atoms with van der Waals surface area (Å²) in [4.78, 5) is 5.35. The molecule has 6 rings (SSSR count). The van der Waals surface area contributed by atoms with Crippen molar-refractivity contribution in [2.75, 3.05) is 32.7 Å². The van der Waals surface area contributed by atoms with E-state index in [9.17, 15) is 4.39 Å². The van der Waals surface area contributed by atoms with Crippen LogP contribution in [-0.2, 0) is 6.54 Å². The molecule has 2 atom stereocenters. The highest BCUT2D eigenvalue weighted by molar-refractivity contribution is 7.08. The van der Waals surface area contributed by atoms with Crippen molar-refractivity contribution in [1.82, 2.24) is 9.80 Å². The Kier molecular flexibility index (Phi) is 6.69. The standard InChI is InChI=1S/C31H33FN2S/c32-30-9-7-25(8-10-30)26-11-14-33(15-12-26)19-29-20-34(21-31(29)28-13-16-35-22-28)18-23-5-6-24-3-1-2-4-27(24)17-23/h1-10,13,16-17,22,26,29,31H,11-12,14-15,18-21H2/t29-,31+/m1/s1. The Balaban J connectivity index is 1.11. The predicted octanol–water partition coefficient (Wildman–Crippen LogP) is 7.14. The van der Waals surface area contributed by atoms with Gasteiger partial charge in [-0.2, -0.15) is 11.3 Å². The average Bonchev–Trinajstić information content (AvgIpc) is 3.55. The number of piperidine rings is 1. The Morgan fingerprint density at radius 2 is 1.60 bits per heavy atom. The molecule has 0 N–H and O–H groups in total. The Bertz CT molecular complexity index is 1240. The van der Waals surface area contributed by atoms with Gasteiger partial charge in [0.1, 0.15) is 5.82 Å². The molecule has 0 amide bonds. The molecule has 0 aliphatic carbocycles. The number of fused-ring (bicyclic) bond motifs is 1. The maximum absolute atomic E-state index is 13.3. The van der Waals surface area contributed by atoms with Gasteiger partial charge < -0.3 is 4.90 Å². The summed E-state index contributed by atoms with van der Waals surface area (Å²) in [6.07, 6.45) is 2.34. The molecule has 3 aromatic carbocycles. The van der Waals surface area contributed by atoms with Crippen LogP contribution < -0.4 is 0 Å². The van der Waals surface area contributed by atoms with Gasteiger partial charge in [-0.25, -0.2) is 4.39 Å². The van der Waals surface area contributed by atoms with Crippen molar-refractivity contribution < 1.29 is 4.39 Å². The van der Waals surface area contributed by atoms with Gasteiger partial charge in [0.25, 0.3) is 0 Å². The van der Waals surface area contributed by atoms with Gasteiger partial charge >= 0.3 is 0 Å². The lowest BCUT2D eigenvalue weighted by Gasteiger charge is -2.34. The lowest BCUT2D eigenvalue weighted by atomic mass is 9.87. The van der Waals surface area contributed by atoms with Gasteiger partial charge in [-0.3, -0.25) is 4.90 Å². The number of rotatable bonds is 6. The molecule has 0 spiro atoms. The number of thiophene rings is 1. The number of benzene rings is 3. The van der Waals surface area contributed by atoms with Crippen molar-refractivity contribution in [3.8, 4) is 0 Å². The Hall–Kier alpha value is -2.53. The SMILES string of the molecule is Fc1ccc(C2CCN(C[C@@H]3CN(Cc4ccc5ccccc5c4)C[C@H]3c3ccsc3)CC2)cc1. The fourth-order valence-electron chi connectivity index (χ4n) is 6.25. The number of hydrogen-bond donors (Lipinski definition) is 0. The van der Waals surface area contributed by atoms with E-state index in [0.717, 1.165) is 32.7 Å². The van der Waals surface area contributed by atoms with Crippen molar-refractivity contribution in [3.05, 3.63) is 106 Å². The van der Waals surface area contributed by atoms with Gasteiger partial charge in [-0.05, 0) is 100 Å². The van der Waals surface area contributed by atoms with Crippen LogP contribution in [0.3, 0.4) is 0 Å². The van der Waals surface area contributed by atoms with Crippen molar-refractivity contribution in [3.63, 3.8) is 0 Å². The maximum atomic E-state index is 13.3. The highest BCUT2D eigenvalue weighted by atomic mass is 32.1.